The highest BCUT2D eigenvalue weighted by atomic mass is 16.4. The molecule has 7 nitrogen and oxygen atoms in total. The summed E-state index contributed by atoms with van der Waals surface area (Å²) in [6.07, 6.45) is 3.34. The Labute approximate surface area is 122 Å². The topological polar surface area (TPSA) is 106 Å². The highest BCUT2D eigenvalue weighted by Gasteiger charge is 2.10. The number of aromatic nitrogens is 2. The molecule has 0 aliphatic rings. The Balaban J connectivity index is 2.08. The smallest absolute Gasteiger partial charge is 0.251 e. The Morgan fingerprint density at radius 1 is 1.43 bits per heavy atom. The third-order valence-electron chi connectivity index (χ3n) is 2.86. The molecule has 0 saturated heterocycles. The fourth-order valence-electron chi connectivity index (χ4n) is 1.92. The molecule has 21 heavy (non-hydrogen) atoms. The van der Waals surface area contributed by atoms with Crippen molar-refractivity contribution in [2.45, 2.75) is 33.2 Å². The van der Waals surface area contributed by atoms with E-state index in [-0.39, 0.29) is 12.5 Å². The zero-order valence-corrected chi connectivity index (χ0v) is 12.1. The lowest BCUT2D eigenvalue weighted by atomic mass is 10.1. The van der Waals surface area contributed by atoms with Crippen molar-refractivity contribution in [3.8, 4) is 0 Å². The van der Waals surface area contributed by atoms with Gasteiger partial charge in [0.2, 0.25) is 5.89 Å². The van der Waals surface area contributed by atoms with Crippen molar-refractivity contribution in [1.29, 1.82) is 0 Å². The maximum Gasteiger partial charge on any atom is 0.251 e. The Kier molecular flexibility index (Phi) is 4.89. The minimum atomic E-state index is -0.220. The van der Waals surface area contributed by atoms with Gasteiger partial charge in [0, 0.05) is 11.3 Å². The number of aryl methyl sites for hydroxylation is 2. The summed E-state index contributed by atoms with van der Waals surface area (Å²) in [6.45, 7) is 4.09. The molecule has 0 saturated carbocycles. The monoisotopic (exact) mass is 289 g/mol. The van der Waals surface area contributed by atoms with E-state index in [1.807, 2.05) is 0 Å². The molecule has 2 heterocycles. The van der Waals surface area contributed by atoms with Crippen LogP contribution in [0.5, 0.6) is 0 Å². The summed E-state index contributed by atoms with van der Waals surface area (Å²) in [7, 11) is 0. The van der Waals surface area contributed by atoms with Crippen LogP contribution in [-0.4, -0.2) is 15.9 Å². The van der Waals surface area contributed by atoms with Gasteiger partial charge >= 0.3 is 0 Å². The number of nitrogens with two attached hydrogens (primary N) is 1. The summed E-state index contributed by atoms with van der Waals surface area (Å²) >= 11 is 0. The molecule has 0 unspecified atom stereocenters. The van der Waals surface area contributed by atoms with Gasteiger partial charge in [-0.05, 0) is 25.5 Å². The normalized spacial score (nSPS) is 10.4. The van der Waals surface area contributed by atoms with Crippen LogP contribution in [0.2, 0.25) is 0 Å². The lowest BCUT2D eigenvalue weighted by molar-refractivity contribution is 0.0947. The van der Waals surface area contributed by atoms with Gasteiger partial charge in [0.15, 0.2) is 0 Å². The van der Waals surface area contributed by atoms with Crippen LogP contribution in [0.3, 0.4) is 0 Å². The fraction of sp³-hybridized carbons (Fsp3) is 0.357. The van der Waals surface area contributed by atoms with Crippen LogP contribution in [0.1, 0.15) is 41.0 Å². The summed E-state index contributed by atoms with van der Waals surface area (Å²) < 4.78 is 5.31. The molecule has 0 aromatic carbocycles. The first-order chi connectivity index (χ1) is 10.1. The van der Waals surface area contributed by atoms with Crippen molar-refractivity contribution in [3.05, 3.63) is 41.2 Å². The van der Waals surface area contributed by atoms with Gasteiger partial charge < -0.3 is 15.2 Å². The second-order valence-corrected chi connectivity index (χ2v) is 4.67. The number of hydrogen-bond acceptors (Lipinski definition) is 6. The molecule has 0 spiro atoms. The molecule has 0 aliphatic heterocycles. The van der Waals surface area contributed by atoms with Gasteiger partial charge in [0.1, 0.15) is 11.6 Å². The SMILES string of the molecule is CCCc1cc(C(=O)NCc2ncc(C)o2)cc(NN)n1. The van der Waals surface area contributed by atoms with Crippen molar-refractivity contribution in [2.75, 3.05) is 5.43 Å². The summed E-state index contributed by atoms with van der Waals surface area (Å²) in [6, 6.07) is 3.37. The summed E-state index contributed by atoms with van der Waals surface area (Å²) in [5, 5.41) is 2.76. The number of nitrogens with one attached hydrogen (secondary N) is 2. The first-order valence-electron chi connectivity index (χ1n) is 6.79. The second kappa shape index (κ2) is 6.85. The van der Waals surface area contributed by atoms with Crippen LogP contribution >= 0.6 is 0 Å². The lowest BCUT2D eigenvalue weighted by Gasteiger charge is -2.08. The first-order valence-corrected chi connectivity index (χ1v) is 6.79. The molecule has 0 atom stereocenters. The van der Waals surface area contributed by atoms with E-state index in [1.165, 1.54) is 0 Å². The van der Waals surface area contributed by atoms with Crippen LogP contribution in [-0.2, 0) is 13.0 Å². The van der Waals surface area contributed by atoms with Crippen molar-refractivity contribution >= 4 is 11.7 Å². The third-order valence-corrected chi connectivity index (χ3v) is 2.86. The highest BCUT2D eigenvalue weighted by molar-refractivity contribution is 5.94. The lowest BCUT2D eigenvalue weighted by Crippen LogP contribution is -2.23. The zero-order valence-electron chi connectivity index (χ0n) is 12.1. The number of amides is 1. The van der Waals surface area contributed by atoms with Gasteiger partial charge in [-0.3, -0.25) is 4.79 Å². The summed E-state index contributed by atoms with van der Waals surface area (Å²) in [4.78, 5) is 20.5. The van der Waals surface area contributed by atoms with E-state index in [0.29, 0.717) is 23.0 Å². The van der Waals surface area contributed by atoms with Crippen LogP contribution in [0.15, 0.2) is 22.7 Å². The number of hydrogen-bond donors (Lipinski definition) is 3. The van der Waals surface area contributed by atoms with E-state index >= 15 is 0 Å². The van der Waals surface area contributed by atoms with Crippen LogP contribution in [0, 0.1) is 6.92 Å². The molecule has 7 heteroatoms. The molecule has 4 N–H and O–H groups in total. The first kappa shape index (κ1) is 15.0. The number of oxazole rings is 1. The number of anilines is 1. The molecule has 1 amide bonds. The predicted molar refractivity (Wildman–Crippen MR) is 78.5 cm³/mol. The highest BCUT2D eigenvalue weighted by Crippen LogP contribution is 2.12. The summed E-state index contributed by atoms with van der Waals surface area (Å²) in [5.41, 5.74) is 3.80. The second-order valence-electron chi connectivity index (χ2n) is 4.67. The number of nitrogens with zero attached hydrogens (tertiary/aromatic N) is 2. The Morgan fingerprint density at radius 2 is 2.24 bits per heavy atom. The van der Waals surface area contributed by atoms with E-state index in [4.69, 9.17) is 10.3 Å². The van der Waals surface area contributed by atoms with Gasteiger partial charge in [0.25, 0.3) is 5.91 Å². The Bertz CT molecular complexity index is 624. The van der Waals surface area contributed by atoms with E-state index < -0.39 is 0 Å². The van der Waals surface area contributed by atoms with E-state index in [2.05, 4.69) is 27.6 Å². The molecule has 112 valence electrons. The van der Waals surface area contributed by atoms with Crippen LogP contribution in [0.25, 0.3) is 0 Å². The molecular weight excluding hydrogens is 270 g/mol. The molecular formula is C14H19N5O2. The molecule has 0 fully saturated rings. The minimum absolute atomic E-state index is 0.220. The molecule has 0 bridgehead atoms. The standard InChI is InChI=1S/C14H19N5O2/c1-3-4-11-5-10(6-12(18-11)19-15)14(20)17-8-13-16-7-9(2)21-13/h5-7H,3-4,8,15H2,1-2H3,(H,17,20)(H,18,19). The van der Waals surface area contributed by atoms with E-state index in [0.717, 1.165) is 18.5 Å². The van der Waals surface area contributed by atoms with Gasteiger partial charge in [0.05, 0.1) is 12.7 Å². The molecule has 2 rings (SSSR count). The largest absolute Gasteiger partial charge is 0.444 e. The third kappa shape index (κ3) is 4.03. The minimum Gasteiger partial charge on any atom is -0.444 e. The Morgan fingerprint density at radius 3 is 2.86 bits per heavy atom. The fourth-order valence-corrected chi connectivity index (χ4v) is 1.92. The van der Waals surface area contributed by atoms with Crippen LogP contribution < -0.4 is 16.6 Å². The van der Waals surface area contributed by atoms with Crippen molar-refractivity contribution in [1.82, 2.24) is 15.3 Å². The maximum absolute atomic E-state index is 12.2. The number of carbonyl (C=O) groups is 1. The van der Waals surface area contributed by atoms with Crippen molar-refractivity contribution < 1.29 is 9.21 Å². The van der Waals surface area contributed by atoms with Gasteiger partial charge in [-0.1, -0.05) is 13.3 Å². The maximum atomic E-state index is 12.2. The van der Waals surface area contributed by atoms with Crippen molar-refractivity contribution in [3.63, 3.8) is 0 Å². The number of rotatable bonds is 6. The zero-order chi connectivity index (χ0) is 15.2. The average molecular weight is 289 g/mol. The van der Waals surface area contributed by atoms with E-state index in [9.17, 15) is 4.79 Å². The van der Waals surface area contributed by atoms with Crippen LogP contribution in [0.4, 0.5) is 5.82 Å². The number of carbonyl (C=O) groups excluding carboxylic acids is 1. The van der Waals surface area contributed by atoms with Gasteiger partial charge in [-0.15, -0.1) is 0 Å². The molecule has 2 aromatic rings. The van der Waals surface area contributed by atoms with Gasteiger partial charge in [-0.2, -0.15) is 0 Å². The van der Waals surface area contributed by atoms with Gasteiger partial charge in [-0.25, -0.2) is 15.8 Å². The predicted octanol–water partition coefficient (Wildman–Crippen LogP) is 1.55. The molecule has 0 aliphatic carbocycles. The van der Waals surface area contributed by atoms with E-state index in [1.54, 1.807) is 25.3 Å². The molecule has 2 aromatic heterocycles. The average Bonchev–Trinajstić information content (AvgIpc) is 2.90. The number of pyridine rings is 1. The summed E-state index contributed by atoms with van der Waals surface area (Å²) in [5.74, 6) is 6.82. The molecule has 0 radical (unpaired) electrons. The quantitative estimate of drug-likeness (QED) is 0.550. The number of hydrazine groups is 1. The number of nitrogen functional groups attached to an aromatic ring is 1. The van der Waals surface area contributed by atoms with Crippen molar-refractivity contribution in [2.24, 2.45) is 5.84 Å². The Hall–Kier alpha value is -2.41.